The molecule has 2 N–H and O–H groups in total. The monoisotopic (exact) mass is 760 g/mol. The smallest absolute Gasteiger partial charge is 0.303 e. The number of rotatable bonds is 8. The number of nitrogens with one attached hydrogen (secondary N) is 1. The SMILES string of the molecule is CCC(CC(=O)O)c1cccc(NC(=O)c2c(I)cc(I)c(N(CC)C(C)=O)c2I)c1. The highest BCUT2D eigenvalue weighted by atomic mass is 127. The predicted molar refractivity (Wildman–Crippen MR) is 148 cm³/mol. The van der Waals surface area contributed by atoms with E-state index in [4.69, 9.17) is 5.11 Å². The summed E-state index contributed by atoms with van der Waals surface area (Å²) in [5, 5.41) is 12.1. The van der Waals surface area contributed by atoms with Gasteiger partial charge < -0.3 is 15.3 Å². The van der Waals surface area contributed by atoms with Gasteiger partial charge in [-0.2, -0.15) is 0 Å². The van der Waals surface area contributed by atoms with Crippen LogP contribution in [0.2, 0.25) is 0 Å². The van der Waals surface area contributed by atoms with Gasteiger partial charge in [0.15, 0.2) is 0 Å². The van der Waals surface area contributed by atoms with Crippen molar-refractivity contribution in [2.24, 2.45) is 0 Å². The van der Waals surface area contributed by atoms with Crippen molar-refractivity contribution in [1.29, 1.82) is 0 Å². The van der Waals surface area contributed by atoms with Crippen LogP contribution in [0.3, 0.4) is 0 Å². The molecule has 0 aliphatic carbocycles. The lowest BCUT2D eigenvalue weighted by molar-refractivity contribution is -0.137. The Labute approximate surface area is 223 Å². The zero-order valence-corrected chi connectivity index (χ0v) is 23.8. The molecule has 2 rings (SSSR count). The van der Waals surface area contributed by atoms with Crippen LogP contribution in [0.5, 0.6) is 0 Å². The van der Waals surface area contributed by atoms with E-state index in [1.807, 2.05) is 38.1 Å². The van der Waals surface area contributed by atoms with Crippen molar-refractivity contribution in [3.8, 4) is 0 Å². The molecule has 2 aromatic carbocycles. The van der Waals surface area contributed by atoms with E-state index in [1.165, 1.54) is 6.92 Å². The highest BCUT2D eigenvalue weighted by molar-refractivity contribution is 14.1. The number of anilines is 2. The molecule has 0 radical (unpaired) electrons. The molecule has 2 aromatic rings. The van der Waals surface area contributed by atoms with Crippen LogP contribution in [0.15, 0.2) is 30.3 Å². The van der Waals surface area contributed by atoms with E-state index < -0.39 is 5.97 Å². The average Bonchev–Trinajstić information content (AvgIpc) is 2.68. The quantitative estimate of drug-likeness (QED) is 0.319. The standard InChI is InChI=1S/C22H23I3N2O4/c1-4-13(10-18(29)30)14-7-6-8-15(9-14)26-22(31)19-16(23)11-17(24)21(20(19)25)27(5-2)12(3)28/h6-9,11,13H,4-5,10H2,1-3H3,(H,26,31)(H,29,30). The molecule has 0 bridgehead atoms. The summed E-state index contributed by atoms with van der Waals surface area (Å²) in [5.41, 5.74) is 2.74. The van der Waals surface area contributed by atoms with E-state index >= 15 is 0 Å². The van der Waals surface area contributed by atoms with Gasteiger partial charge in [-0.3, -0.25) is 14.4 Å². The number of nitrogens with zero attached hydrogens (tertiary/aromatic N) is 1. The Balaban J connectivity index is 2.42. The van der Waals surface area contributed by atoms with Crippen LogP contribution in [0, 0.1) is 10.7 Å². The predicted octanol–water partition coefficient (Wildman–Crippen LogP) is 6.09. The number of carbonyl (C=O) groups is 3. The summed E-state index contributed by atoms with van der Waals surface area (Å²) in [6, 6.07) is 9.22. The molecule has 0 saturated carbocycles. The topological polar surface area (TPSA) is 86.7 Å². The van der Waals surface area contributed by atoms with Crippen molar-refractivity contribution in [3.63, 3.8) is 0 Å². The molecular formula is C22H23I3N2O4. The number of amides is 2. The lowest BCUT2D eigenvalue weighted by atomic mass is 9.93. The molecule has 0 heterocycles. The minimum atomic E-state index is -0.845. The number of hydrogen-bond donors (Lipinski definition) is 2. The lowest BCUT2D eigenvalue weighted by Crippen LogP contribution is -2.30. The zero-order chi connectivity index (χ0) is 23.3. The van der Waals surface area contributed by atoms with Crippen molar-refractivity contribution in [2.45, 2.75) is 39.5 Å². The molecule has 6 nitrogen and oxygen atoms in total. The summed E-state index contributed by atoms with van der Waals surface area (Å²) < 4.78 is 2.42. The van der Waals surface area contributed by atoms with Gasteiger partial charge >= 0.3 is 5.97 Å². The highest BCUT2D eigenvalue weighted by Gasteiger charge is 2.24. The number of carbonyl (C=O) groups excluding carboxylic acids is 2. The van der Waals surface area contributed by atoms with Crippen LogP contribution in [-0.4, -0.2) is 29.4 Å². The molecule has 0 spiro atoms. The van der Waals surface area contributed by atoms with Gasteiger partial charge in [0.25, 0.3) is 5.91 Å². The first-order valence-corrected chi connectivity index (χ1v) is 12.9. The van der Waals surface area contributed by atoms with Crippen LogP contribution in [0.1, 0.15) is 55.5 Å². The molecule has 0 saturated heterocycles. The van der Waals surface area contributed by atoms with Gasteiger partial charge in [-0.1, -0.05) is 19.1 Å². The summed E-state index contributed by atoms with van der Waals surface area (Å²) in [6.45, 7) is 5.87. The Morgan fingerprint density at radius 3 is 2.32 bits per heavy atom. The van der Waals surface area contributed by atoms with Gasteiger partial charge in [0.05, 0.1) is 21.2 Å². The van der Waals surface area contributed by atoms with Gasteiger partial charge in [-0.15, -0.1) is 0 Å². The van der Waals surface area contributed by atoms with E-state index in [0.717, 1.165) is 22.0 Å². The third-order valence-electron chi connectivity index (χ3n) is 4.87. The maximum absolute atomic E-state index is 13.2. The number of aliphatic carboxylic acids is 1. The Morgan fingerprint density at radius 1 is 1.10 bits per heavy atom. The second kappa shape index (κ2) is 11.8. The van der Waals surface area contributed by atoms with Crippen molar-refractivity contribution in [1.82, 2.24) is 0 Å². The molecule has 9 heteroatoms. The first-order valence-electron chi connectivity index (χ1n) is 9.69. The fourth-order valence-corrected chi connectivity index (χ4v) is 7.79. The van der Waals surface area contributed by atoms with E-state index in [0.29, 0.717) is 24.2 Å². The Hall–Kier alpha value is -0.960. The van der Waals surface area contributed by atoms with Crippen LogP contribution >= 0.6 is 67.8 Å². The van der Waals surface area contributed by atoms with Crippen molar-refractivity contribution in [3.05, 3.63) is 52.2 Å². The molecule has 0 aliphatic rings. The molecule has 0 fully saturated rings. The maximum Gasteiger partial charge on any atom is 0.303 e. The first kappa shape index (κ1) is 26.3. The number of benzene rings is 2. The van der Waals surface area contributed by atoms with Gasteiger partial charge in [-0.25, -0.2) is 0 Å². The molecule has 1 atom stereocenters. The maximum atomic E-state index is 13.2. The van der Waals surface area contributed by atoms with Gasteiger partial charge in [0.1, 0.15) is 0 Å². The molecule has 1 unspecified atom stereocenters. The first-order chi connectivity index (χ1) is 14.6. The third kappa shape index (κ3) is 6.53. The molecular weight excluding hydrogens is 737 g/mol. The number of halogens is 3. The minimum absolute atomic E-state index is 0.0437. The minimum Gasteiger partial charge on any atom is -0.481 e. The van der Waals surface area contributed by atoms with Crippen LogP contribution in [-0.2, 0) is 9.59 Å². The third-order valence-corrected chi connectivity index (χ3v) is 7.59. The summed E-state index contributed by atoms with van der Waals surface area (Å²) in [5.74, 6) is -1.31. The van der Waals surface area contributed by atoms with E-state index in [1.54, 1.807) is 11.0 Å². The highest BCUT2D eigenvalue weighted by Crippen LogP contribution is 2.35. The number of carboxylic acid groups (broad SMARTS) is 1. The Morgan fingerprint density at radius 2 is 1.77 bits per heavy atom. The van der Waals surface area contributed by atoms with Crippen LogP contribution in [0.25, 0.3) is 0 Å². The van der Waals surface area contributed by atoms with E-state index in [-0.39, 0.29) is 24.2 Å². The van der Waals surface area contributed by atoms with Crippen LogP contribution in [0.4, 0.5) is 11.4 Å². The summed E-state index contributed by atoms with van der Waals surface area (Å²) >= 11 is 6.45. The average molecular weight is 760 g/mol. The van der Waals surface area contributed by atoms with Gasteiger partial charge in [0, 0.05) is 26.3 Å². The molecule has 31 heavy (non-hydrogen) atoms. The van der Waals surface area contributed by atoms with E-state index in [2.05, 4.69) is 73.1 Å². The van der Waals surface area contributed by atoms with Crippen molar-refractivity contribution >= 4 is 96.9 Å². The van der Waals surface area contributed by atoms with Gasteiger partial charge in [-0.05, 0) is 111 Å². The fourth-order valence-electron chi connectivity index (χ4n) is 3.35. The molecule has 0 aliphatic heterocycles. The molecule has 2 amide bonds. The zero-order valence-electron chi connectivity index (χ0n) is 17.3. The Bertz CT molecular complexity index is 1010. The summed E-state index contributed by atoms with van der Waals surface area (Å²) in [4.78, 5) is 38.1. The summed E-state index contributed by atoms with van der Waals surface area (Å²) in [6.07, 6.45) is 0.736. The summed E-state index contributed by atoms with van der Waals surface area (Å²) in [7, 11) is 0. The fraction of sp³-hybridized carbons (Fsp3) is 0.318. The second-order valence-corrected chi connectivity index (χ2v) is 10.3. The van der Waals surface area contributed by atoms with Crippen LogP contribution < -0.4 is 10.2 Å². The van der Waals surface area contributed by atoms with Gasteiger partial charge in [0.2, 0.25) is 5.91 Å². The number of hydrogen-bond acceptors (Lipinski definition) is 3. The van der Waals surface area contributed by atoms with E-state index in [9.17, 15) is 14.4 Å². The van der Waals surface area contributed by atoms with Crippen molar-refractivity contribution < 1.29 is 19.5 Å². The van der Waals surface area contributed by atoms with Crippen molar-refractivity contribution in [2.75, 3.05) is 16.8 Å². The number of carboxylic acids is 1. The largest absolute Gasteiger partial charge is 0.481 e. The Kier molecular flexibility index (Phi) is 9.98. The lowest BCUT2D eigenvalue weighted by Gasteiger charge is -2.24. The molecule has 166 valence electrons. The molecule has 0 aromatic heterocycles. The normalized spacial score (nSPS) is 11.7. The second-order valence-electron chi connectivity index (χ2n) is 6.92.